The van der Waals surface area contributed by atoms with Gasteiger partial charge in [0.1, 0.15) is 6.23 Å². The summed E-state index contributed by atoms with van der Waals surface area (Å²) in [4.78, 5) is 9.54. The number of nitrogens with one attached hydrogen (secondary N) is 1. The van der Waals surface area contributed by atoms with Gasteiger partial charge < -0.3 is 15.5 Å². The van der Waals surface area contributed by atoms with E-state index >= 15 is 0 Å². The number of aliphatic hydroxyl groups excluding tert-OH is 2. The van der Waals surface area contributed by atoms with Gasteiger partial charge in [-0.25, -0.2) is 0 Å². The molecule has 0 spiro atoms. The van der Waals surface area contributed by atoms with Gasteiger partial charge in [-0.15, -0.1) is 0 Å². The van der Waals surface area contributed by atoms with E-state index < -0.39 is 6.23 Å². The zero-order valence-corrected chi connectivity index (χ0v) is 4.37. The van der Waals surface area contributed by atoms with E-state index in [-0.39, 0.29) is 13.0 Å². The van der Waals surface area contributed by atoms with E-state index in [0.29, 0.717) is 6.41 Å². The van der Waals surface area contributed by atoms with Crippen LogP contribution in [0.5, 0.6) is 0 Å². The summed E-state index contributed by atoms with van der Waals surface area (Å²) in [5, 5.41) is 18.8. The van der Waals surface area contributed by atoms with Crippen LogP contribution in [0, 0.1) is 0 Å². The third-order valence-electron chi connectivity index (χ3n) is 0.663. The van der Waals surface area contributed by atoms with Crippen molar-refractivity contribution in [3.63, 3.8) is 0 Å². The molecule has 0 aliphatic carbocycles. The lowest BCUT2D eigenvalue weighted by Crippen LogP contribution is -2.27. The van der Waals surface area contributed by atoms with Gasteiger partial charge in [0.05, 0.1) is 0 Å². The van der Waals surface area contributed by atoms with Crippen LogP contribution < -0.4 is 5.32 Å². The summed E-state index contributed by atoms with van der Waals surface area (Å²) in [5.41, 5.74) is 0. The summed E-state index contributed by atoms with van der Waals surface area (Å²) in [7, 11) is 0. The van der Waals surface area contributed by atoms with Crippen LogP contribution in [-0.4, -0.2) is 29.5 Å². The number of carbonyl (C=O) groups excluding carboxylic acids is 1. The Kier molecular flexibility index (Phi) is 4.20. The van der Waals surface area contributed by atoms with Crippen molar-refractivity contribution >= 4 is 6.41 Å². The fourth-order valence-corrected chi connectivity index (χ4v) is 0.284. The molecular formula is C4H9NO3. The molecule has 0 radical (unpaired) electrons. The van der Waals surface area contributed by atoms with Crippen molar-refractivity contribution in [2.24, 2.45) is 0 Å². The smallest absolute Gasteiger partial charge is 0.209 e. The molecular weight excluding hydrogens is 110 g/mol. The normalized spacial score (nSPS) is 12.8. The highest BCUT2D eigenvalue weighted by Crippen LogP contribution is 1.80. The van der Waals surface area contributed by atoms with Crippen molar-refractivity contribution in [1.29, 1.82) is 0 Å². The zero-order valence-electron chi connectivity index (χ0n) is 4.37. The van der Waals surface area contributed by atoms with Gasteiger partial charge in [0.2, 0.25) is 6.41 Å². The van der Waals surface area contributed by atoms with Gasteiger partial charge >= 0.3 is 0 Å². The maximum absolute atomic E-state index is 9.54. The highest BCUT2D eigenvalue weighted by atomic mass is 16.3. The molecule has 0 bridgehead atoms. The van der Waals surface area contributed by atoms with Crippen molar-refractivity contribution in [3.05, 3.63) is 0 Å². The number of amides is 1. The Bertz CT molecular complexity index is 66.3. The zero-order chi connectivity index (χ0) is 6.41. The predicted molar refractivity (Wildman–Crippen MR) is 26.9 cm³/mol. The molecule has 8 heavy (non-hydrogen) atoms. The molecule has 0 aromatic carbocycles. The Morgan fingerprint density at radius 2 is 2.38 bits per heavy atom. The first-order chi connectivity index (χ1) is 3.81. The largest absolute Gasteiger partial charge is 0.396 e. The standard InChI is InChI=1S/C4H9NO3/c6-2-1-4(8)5-3-7/h3-4,6,8H,1-2H2,(H,5,7). The minimum absolute atomic E-state index is 0.123. The lowest BCUT2D eigenvalue weighted by molar-refractivity contribution is -0.112. The van der Waals surface area contributed by atoms with Crippen molar-refractivity contribution in [3.8, 4) is 0 Å². The molecule has 0 saturated carbocycles. The Morgan fingerprint density at radius 3 is 2.75 bits per heavy atom. The number of carbonyl (C=O) groups is 1. The van der Waals surface area contributed by atoms with Gasteiger partial charge in [-0.2, -0.15) is 0 Å². The van der Waals surface area contributed by atoms with Crippen molar-refractivity contribution in [2.45, 2.75) is 12.6 Å². The fraction of sp³-hybridized carbons (Fsp3) is 0.750. The average Bonchev–Trinajstić information content (AvgIpc) is 1.68. The van der Waals surface area contributed by atoms with Crippen molar-refractivity contribution in [2.75, 3.05) is 6.61 Å². The Labute approximate surface area is 47.1 Å². The monoisotopic (exact) mass is 119 g/mol. The van der Waals surface area contributed by atoms with Gasteiger partial charge in [0.15, 0.2) is 0 Å². The number of rotatable bonds is 4. The molecule has 0 aliphatic heterocycles. The first kappa shape index (κ1) is 7.39. The molecule has 1 atom stereocenters. The van der Waals surface area contributed by atoms with Crippen LogP contribution in [0.1, 0.15) is 6.42 Å². The molecule has 0 rings (SSSR count). The van der Waals surface area contributed by atoms with Crippen LogP contribution in [0.25, 0.3) is 0 Å². The molecule has 4 nitrogen and oxygen atoms in total. The van der Waals surface area contributed by atoms with E-state index in [0.717, 1.165) is 0 Å². The maximum Gasteiger partial charge on any atom is 0.209 e. The molecule has 0 saturated heterocycles. The fourth-order valence-electron chi connectivity index (χ4n) is 0.284. The summed E-state index contributed by atoms with van der Waals surface area (Å²) >= 11 is 0. The first-order valence-corrected chi connectivity index (χ1v) is 2.30. The van der Waals surface area contributed by atoms with E-state index in [9.17, 15) is 4.79 Å². The van der Waals surface area contributed by atoms with Crippen molar-refractivity contribution in [1.82, 2.24) is 5.32 Å². The Balaban J connectivity index is 3.03. The van der Waals surface area contributed by atoms with Crippen molar-refractivity contribution < 1.29 is 15.0 Å². The summed E-state index contributed by atoms with van der Waals surface area (Å²) in [6, 6.07) is 0. The van der Waals surface area contributed by atoms with Gasteiger partial charge in [-0.3, -0.25) is 4.79 Å². The van der Waals surface area contributed by atoms with E-state index in [2.05, 4.69) is 5.32 Å². The Morgan fingerprint density at radius 1 is 1.75 bits per heavy atom. The molecule has 0 fully saturated rings. The van der Waals surface area contributed by atoms with E-state index in [1.54, 1.807) is 0 Å². The molecule has 0 heterocycles. The summed E-state index contributed by atoms with van der Waals surface area (Å²) in [6.45, 7) is -0.123. The molecule has 1 amide bonds. The van der Waals surface area contributed by atoms with Crippen LogP contribution >= 0.6 is 0 Å². The quantitative estimate of drug-likeness (QED) is 0.309. The van der Waals surface area contributed by atoms with Crippen LogP contribution in [0.4, 0.5) is 0 Å². The van der Waals surface area contributed by atoms with Gasteiger partial charge in [0, 0.05) is 13.0 Å². The average molecular weight is 119 g/mol. The number of hydrogen-bond acceptors (Lipinski definition) is 3. The number of hydrogen-bond donors (Lipinski definition) is 3. The first-order valence-electron chi connectivity index (χ1n) is 2.30. The highest BCUT2D eigenvalue weighted by Gasteiger charge is 1.96. The van der Waals surface area contributed by atoms with Crippen LogP contribution in [0.15, 0.2) is 0 Å². The minimum atomic E-state index is -0.905. The predicted octanol–water partition coefficient (Wildman–Crippen LogP) is -1.57. The molecule has 1 unspecified atom stereocenters. The topological polar surface area (TPSA) is 69.6 Å². The molecule has 0 aromatic rings. The lowest BCUT2D eigenvalue weighted by atomic mass is 10.4. The third-order valence-corrected chi connectivity index (χ3v) is 0.663. The maximum atomic E-state index is 9.54. The molecule has 48 valence electrons. The van der Waals surface area contributed by atoms with Gasteiger partial charge in [-0.05, 0) is 0 Å². The molecule has 0 aromatic heterocycles. The Hall–Kier alpha value is -0.610. The summed E-state index contributed by atoms with van der Waals surface area (Å²) in [6.07, 6.45) is -0.337. The highest BCUT2D eigenvalue weighted by molar-refractivity contribution is 5.46. The third kappa shape index (κ3) is 3.58. The molecule has 4 heteroatoms. The minimum Gasteiger partial charge on any atom is -0.396 e. The van der Waals surface area contributed by atoms with Crippen LogP contribution in [0.3, 0.4) is 0 Å². The van der Waals surface area contributed by atoms with Gasteiger partial charge in [-0.1, -0.05) is 0 Å². The summed E-state index contributed by atoms with van der Waals surface area (Å²) in [5.74, 6) is 0. The van der Waals surface area contributed by atoms with Crippen LogP contribution in [-0.2, 0) is 4.79 Å². The van der Waals surface area contributed by atoms with E-state index in [4.69, 9.17) is 10.2 Å². The lowest BCUT2D eigenvalue weighted by Gasteiger charge is -2.04. The second-order valence-corrected chi connectivity index (χ2v) is 1.31. The second kappa shape index (κ2) is 4.55. The summed E-state index contributed by atoms with van der Waals surface area (Å²) < 4.78 is 0. The van der Waals surface area contributed by atoms with Crippen LogP contribution in [0.2, 0.25) is 0 Å². The molecule has 3 N–H and O–H groups in total. The van der Waals surface area contributed by atoms with E-state index in [1.807, 2.05) is 0 Å². The second-order valence-electron chi connectivity index (χ2n) is 1.31. The molecule has 0 aliphatic rings. The van der Waals surface area contributed by atoms with Gasteiger partial charge in [0.25, 0.3) is 0 Å². The van der Waals surface area contributed by atoms with E-state index in [1.165, 1.54) is 0 Å². The SMILES string of the molecule is O=CNC(O)CCO. The number of aliphatic hydroxyl groups is 2.